The number of carbonyl (C=O) groups excluding carboxylic acids is 3. The summed E-state index contributed by atoms with van der Waals surface area (Å²) in [6.07, 6.45) is 4.63. The van der Waals surface area contributed by atoms with Crippen LogP contribution < -0.4 is 5.32 Å². The van der Waals surface area contributed by atoms with Gasteiger partial charge in [0, 0.05) is 17.3 Å². The van der Waals surface area contributed by atoms with Crippen molar-refractivity contribution in [3.05, 3.63) is 88.1 Å². The molecule has 4 aromatic rings. The summed E-state index contributed by atoms with van der Waals surface area (Å²) in [5.74, 6) is -1.28. The van der Waals surface area contributed by atoms with Crippen LogP contribution in [-0.4, -0.2) is 40.5 Å². The normalized spacial score (nSPS) is 15.3. The second-order valence-electron chi connectivity index (χ2n) is 9.30. The van der Waals surface area contributed by atoms with E-state index in [1.807, 2.05) is 18.2 Å². The largest absolute Gasteiger partial charge is 0.462 e. The third-order valence-electron chi connectivity index (χ3n) is 6.88. The standard InChI is InChI=1S/C30H29N3O5S/c1-3-23(38-29(35)21-11-8-12-22-26(21)32-16-15-31-22)27(34)33-28-25(30(36)37-4-2)20-14-13-19(17-24(20)39-28)18-9-6-5-7-10-18/h5-12,15-16,19,23H,3-4,13-14,17H2,1-2H3,(H,33,34). The lowest BCUT2D eigenvalue weighted by atomic mass is 9.83. The summed E-state index contributed by atoms with van der Waals surface area (Å²) in [4.78, 5) is 48.9. The Balaban J connectivity index is 1.38. The van der Waals surface area contributed by atoms with E-state index in [-0.39, 0.29) is 18.6 Å². The van der Waals surface area contributed by atoms with Crippen LogP contribution in [0.5, 0.6) is 0 Å². The Morgan fingerprint density at radius 2 is 1.82 bits per heavy atom. The molecule has 2 aromatic carbocycles. The van der Waals surface area contributed by atoms with Crippen LogP contribution >= 0.6 is 11.3 Å². The molecule has 5 rings (SSSR count). The van der Waals surface area contributed by atoms with Crippen LogP contribution in [0.4, 0.5) is 5.00 Å². The number of nitrogens with zero attached hydrogens (tertiary/aromatic N) is 2. The van der Waals surface area contributed by atoms with Gasteiger partial charge in [0.25, 0.3) is 5.91 Å². The molecule has 9 heteroatoms. The number of esters is 2. The fourth-order valence-electron chi connectivity index (χ4n) is 4.97. The van der Waals surface area contributed by atoms with E-state index in [4.69, 9.17) is 9.47 Å². The van der Waals surface area contributed by atoms with Crippen molar-refractivity contribution in [1.29, 1.82) is 0 Å². The van der Waals surface area contributed by atoms with Crippen LogP contribution in [0.2, 0.25) is 0 Å². The summed E-state index contributed by atoms with van der Waals surface area (Å²) >= 11 is 1.40. The molecule has 0 spiro atoms. The molecule has 200 valence electrons. The van der Waals surface area contributed by atoms with E-state index >= 15 is 0 Å². The first-order valence-electron chi connectivity index (χ1n) is 13.1. The molecule has 8 nitrogen and oxygen atoms in total. The number of thiophene rings is 1. The molecule has 0 saturated carbocycles. The maximum Gasteiger partial charge on any atom is 0.341 e. The topological polar surface area (TPSA) is 107 Å². The Kier molecular flexibility index (Phi) is 7.97. The zero-order valence-corrected chi connectivity index (χ0v) is 22.6. The number of nitrogens with one attached hydrogen (secondary N) is 1. The number of ether oxygens (including phenoxy) is 2. The Morgan fingerprint density at radius 3 is 2.59 bits per heavy atom. The second-order valence-corrected chi connectivity index (χ2v) is 10.4. The number of amides is 1. The van der Waals surface area contributed by atoms with E-state index in [9.17, 15) is 14.4 Å². The van der Waals surface area contributed by atoms with Gasteiger partial charge in [-0.2, -0.15) is 0 Å². The molecule has 2 unspecified atom stereocenters. The molecule has 0 radical (unpaired) electrons. The molecule has 1 aliphatic rings. The van der Waals surface area contributed by atoms with E-state index < -0.39 is 23.9 Å². The van der Waals surface area contributed by atoms with Crippen molar-refractivity contribution in [2.75, 3.05) is 11.9 Å². The van der Waals surface area contributed by atoms with Crippen molar-refractivity contribution in [1.82, 2.24) is 9.97 Å². The van der Waals surface area contributed by atoms with Crippen molar-refractivity contribution in [3.63, 3.8) is 0 Å². The highest BCUT2D eigenvalue weighted by molar-refractivity contribution is 7.17. The number of hydrogen-bond donors (Lipinski definition) is 1. The van der Waals surface area contributed by atoms with E-state index in [1.165, 1.54) is 23.1 Å². The molecule has 2 atom stereocenters. The lowest BCUT2D eigenvalue weighted by Gasteiger charge is -2.23. The van der Waals surface area contributed by atoms with E-state index in [1.54, 1.807) is 38.2 Å². The minimum atomic E-state index is -1.06. The highest BCUT2D eigenvalue weighted by Gasteiger charge is 2.32. The number of rotatable bonds is 8. The summed E-state index contributed by atoms with van der Waals surface area (Å²) < 4.78 is 11.0. The van der Waals surface area contributed by atoms with Crippen LogP contribution in [0.25, 0.3) is 11.0 Å². The molecular weight excluding hydrogens is 514 g/mol. The van der Waals surface area contributed by atoms with Gasteiger partial charge in [0.15, 0.2) is 6.10 Å². The van der Waals surface area contributed by atoms with Gasteiger partial charge >= 0.3 is 11.9 Å². The number of fused-ring (bicyclic) bond motifs is 2. The number of aromatic nitrogens is 2. The first-order chi connectivity index (χ1) is 19.0. The first kappa shape index (κ1) is 26.5. The van der Waals surface area contributed by atoms with Gasteiger partial charge in [0.2, 0.25) is 0 Å². The maximum absolute atomic E-state index is 13.3. The van der Waals surface area contributed by atoms with Crippen molar-refractivity contribution in [2.24, 2.45) is 0 Å². The van der Waals surface area contributed by atoms with Gasteiger partial charge in [0.1, 0.15) is 10.5 Å². The van der Waals surface area contributed by atoms with Gasteiger partial charge in [-0.15, -0.1) is 11.3 Å². The van der Waals surface area contributed by atoms with Crippen molar-refractivity contribution in [2.45, 2.75) is 51.6 Å². The zero-order valence-electron chi connectivity index (χ0n) is 21.8. The average molecular weight is 544 g/mol. The highest BCUT2D eigenvalue weighted by atomic mass is 32.1. The molecule has 0 fully saturated rings. The molecule has 1 aliphatic carbocycles. The Bertz CT molecular complexity index is 1510. The van der Waals surface area contributed by atoms with Gasteiger partial charge in [-0.25, -0.2) is 9.59 Å². The van der Waals surface area contributed by atoms with E-state index in [0.29, 0.717) is 33.9 Å². The zero-order chi connectivity index (χ0) is 27.4. The smallest absolute Gasteiger partial charge is 0.341 e. The van der Waals surface area contributed by atoms with Crippen LogP contribution in [0.1, 0.15) is 69.3 Å². The second kappa shape index (κ2) is 11.7. The number of carbonyl (C=O) groups is 3. The van der Waals surface area contributed by atoms with Crippen LogP contribution in [-0.2, 0) is 27.1 Å². The average Bonchev–Trinajstić information content (AvgIpc) is 3.33. The Morgan fingerprint density at radius 1 is 1.03 bits per heavy atom. The third kappa shape index (κ3) is 5.54. The molecular formula is C30H29N3O5S. The third-order valence-corrected chi connectivity index (χ3v) is 8.05. The number of hydrogen-bond acceptors (Lipinski definition) is 8. The minimum Gasteiger partial charge on any atom is -0.462 e. The lowest BCUT2D eigenvalue weighted by Crippen LogP contribution is -2.32. The van der Waals surface area contributed by atoms with E-state index in [0.717, 1.165) is 23.3 Å². The van der Waals surface area contributed by atoms with Gasteiger partial charge in [-0.1, -0.05) is 43.3 Å². The van der Waals surface area contributed by atoms with Crippen molar-refractivity contribution >= 4 is 45.2 Å². The molecule has 1 N–H and O–H groups in total. The van der Waals surface area contributed by atoms with Gasteiger partial charge in [-0.3, -0.25) is 14.8 Å². The molecule has 0 aliphatic heterocycles. The predicted molar refractivity (Wildman–Crippen MR) is 149 cm³/mol. The van der Waals surface area contributed by atoms with Crippen LogP contribution in [0, 0.1) is 0 Å². The monoisotopic (exact) mass is 543 g/mol. The fourth-order valence-corrected chi connectivity index (χ4v) is 6.29. The summed E-state index contributed by atoms with van der Waals surface area (Å²) in [6, 6.07) is 15.4. The van der Waals surface area contributed by atoms with Gasteiger partial charge < -0.3 is 14.8 Å². The number of para-hydroxylation sites is 1. The van der Waals surface area contributed by atoms with Crippen molar-refractivity contribution < 1.29 is 23.9 Å². The van der Waals surface area contributed by atoms with Gasteiger partial charge in [-0.05, 0) is 61.8 Å². The highest BCUT2D eigenvalue weighted by Crippen LogP contribution is 2.43. The first-order valence-corrected chi connectivity index (χ1v) is 13.9. The maximum atomic E-state index is 13.3. The molecule has 39 heavy (non-hydrogen) atoms. The molecule has 2 aromatic heterocycles. The Labute approximate surface area is 230 Å². The fraction of sp³-hybridized carbons (Fsp3) is 0.300. The minimum absolute atomic E-state index is 0.229. The Hall–Kier alpha value is -4.11. The van der Waals surface area contributed by atoms with Crippen LogP contribution in [0.3, 0.4) is 0 Å². The predicted octanol–water partition coefficient (Wildman–Crippen LogP) is 5.71. The quantitative estimate of drug-likeness (QED) is 0.284. The number of benzene rings is 2. The summed E-state index contributed by atoms with van der Waals surface area (Å²) in [5, 5.41) is 3.31. The van der Waals surface area contributed by atoms with E-state index in [2.05, 4.69) is 27.4 Å². The van der Waals surface area contributed by atoms with Crippen molar-refractivity contribution in [3.8, 4) is 0 Å². The van der Waals surface area contributed by atoms with Crippen LogP contribution in [0.15, 0.2) is 60.9 Å². The van der Waals surface area contributed by atoms with Gasteiger partial charge in [0.05, 0.1) is 23.3 Å². The summed E-state index contributed by atoms with van der Waals surface area (Å²) in [7, 11) is 0. The summed E-state index contributed by atoms with van der Waals surface area (Å²) in [5.41, 5.74) is 3.79. The SMILES string of the molecule is CCOC(=O)c1c(NC(=O)C(CC)OC(=O)c2cccc3nccnc23)sc2c1CCC(c1ccccc1)C2. The summed E-state index contributed by atoms with van der Waals surface area (Å²) in [6.45, 7) is 3.74. The molecule has 0 saturated heterocycles. The molecule has 2 heterocycles. The molecule has 0 bridgehead atoms. The lowest BCUT2D eigenvalue weighted by molar-refractivity contribution is -0.124. The molecule has 1 amide bonds. The number of anilines is 1.